The van der Waals surface area contributed by atoms with Crippen LogP contribution in [0.5, 0.6) is 5.75 Å². The number of nitrogens with two attached hydrogens (primary N) is 3. The molecule has 0 saturated heterocycles. The summed E-state index contributed by atoms with van der Waals surface area (Å²) in [5.74, 6) is -10.00. The second kappa shape index (κ2) is 11.6. The number of aromatic hydroxyl groups is 1. The van der Waals surface area contributed by atoms with Gasteiger partial charge in [0.15, 0.2) is 34.5 Å². The minimum absolute atomic E-state index is 0.146. The number of Topliss-reactive ketones (excluding diaryl/α,β-unsaturated/α-hetero) is 4. The maximum atomic E-state index is 14.6. The van der Waals surface area contributed by atoms with E-state index in [9.17, 15) is 34.3 Å². The van der Waals surface area contributed by atoms with E-state index in [1.54, 1.807) is 12.1 Å². The van der Waals surface area contributed by atoms with Crippen LogP contribution in [0.15, 0.2) is 66.7 Å². The number of hydrogen-bond donors (Lipinski definition) is 5. The predicted octanol–water partition coefficient (Wildman–Crippen LogP) is 0.765. The maximum Gasteiger partial charge on any atom is 0.235 e. The number of primary amides is 1. The average Bonchev–Trinajstić information content (AvgIpc) is 3.01. The number of likely N-dealkylation sites (N-methyl/N-ethyl adjacent to an activating group) is 1. The summed E-state index contributed by atoms with van der Waals surface area (Å²) in [5, 5.41) is 25.0. The fourth-order valence-electron chi connectivity index (χ4n) is 8.27. The van der Waals surface area contributed by atoms with Crippen LogP contribution in [-0.4, -0.2) is 70.3 Å². The molecule has 3 aliphatic carbocycles. The number of benzene rings is 3. The summed E-state index contributed by atoms with van der Waals surface area (Å²) in [6.45, 7) is 1.20. The van der Waals surface area contributed by atoms with E-state index in [2.05, 4.69) is 5.32 Å². The molecule has 0 spiro atoms. The summed E-state index contributed by atoms with van der Waals surface area (Å²) in [7, 11) is 2.93. The second-order valence-corrected chi connectivity index (χ2v) is 13.4. The highest BCUT2D eigenvalue weighted by atomic mass is 16.3. The molecule has 12 heteroatoms. The van der Waals surface area contributed by atoms with Gasteiger partial charge in [-0.2, -0.15) is 5.26 Å². The molecule has 48 heavy (non-hydrogen) atoms. The number of rotatable bonds is 7. The molecule has 3 aromatic carbocycles. The van der Waals surface area contributed by atoms with Crippen molar-refractivity contribution >= 4 is 29.0 Å². The van der Waals surface area contributed by atoms with Crippen molar-refractivity contribution in [1.29, 1.82) is 5.26 Å². The van der Waals surface area contributed by atoms with Gasteiger partial charge in [-0.3, -0.25) is 28.9 Å². The molecular formula is C36H36N6O6. The van der Waals surface area contributed by atoms with Crippen LogP contribution >= 0.6 is 0 Å². The number of phenolic OH excluding ortho intramolecular Hbond substituents is 1. The third-order valence-corrected chi connectivity index (χ3v) is 10.2. The van der Waals surface area contributed by atoms with Crippen molar-refractivity contribution in [2.24, 2.45) is 34.5 Å². The summed E-state index contributed by atoms with van der Waals surface area (Å²) in [5.41, 5.74) is 16.2. The minimum atomic E-state index is -2.79. The molecule has 2 fully saturated rings. The lowest BCUT2D eigenvalue weighted by molar-refractivity contribution is -0.166. The first-order valence-electron chi connectivity index (χ1n) is 15.5. The number of ketones is 4. The number of fused-ring (bicyclic) bond motifs is 3. The summed E-state index contributed by atoms with van der Waals surface area (Å²) < 4.78 is 0. The van der Waals surface area contributed by atoms with Gasteiger partial charge in [-0.25, -0.2) is 0 Å². The Morgan fingerprint density at radius 2 is 1.65 bits per heavy atom. The highest BCUT2D eigenvalue weighted by molar-refractivity contribution is 6.33. The van der Waals surface area contributed by atoms with Crippen LogP contribution in [0, 0.1) is 28.6 Å². The van der Waals surface area contributed by atoms with Crippen molar-refractivity contribution in [3.8, 4) is 22.9 Å². The van der Waals surface area contributed by atoms with E-state index in [4.69, 9.17) is 17.2 Å². The molecule has 2 saturated carbocycles. The number of carbonyl (C=O) groups is 5. The third kappa shape index (κ3) is 4.62. The van der Waals surface area contributed by atoms with Gasteiger partial charge in [0.1, 0.15) is 11.7 Å². The fraction of sp³-hybridized carbons (Fsp3) is 0.333. The number of hydrogen-bond acceptors (Lipinski definition) is 11. The average molecular weight is 649 g/mol. The first kappa shape index (κ1) is 32.9. The van der Waals surface area contributed by atoms with Crippen molar-refractivity contribution in [2.75, 3.05) is 14.1 Å². The molecule has 0 radical (unpaired) electrons. The van der Waals surface area contributed by atoms with Gasteiger partial charge in [-0.15, -0.1) is 0 Å². The largest absolute Gasteiger partial charge is 0.507 e. The molecule has 0 bridgehead atoms. The van der Waals surface area contributed by atoms with Gasteiger partial charge < -0.3 is 27.6 Å². The summed E-state index contributed by atoms with van der Waals surface area (Å²) in [6.07, 6.45) is -0.619. The van der Waals surface area contributed by atoms with Gasteiger partial charge in [0.05, 0.1) is 23.2 Å². The molecule has 2 unspecified atom stereocenters. The first-order valence-corrected chi connectivity index (χ1v) is 15.5. The summed E-state index contributed by atoms with van der Waals surface area (Å²) in [4.78, 5) is 70.2. The Hall–Kier alpha value is -5.06. The SMILES string of the molecule is CN(C)[C@@H]1C(=O)C(C(N)=O)C(=O)[C@@]2(C#N)C(=O)C3C(=O)c4c(O)ccc(-c5cccc(CNCc6ccccc6)c5)c4C[C@@]3(N)C[C@@]12N. The predicted molar refractivity (Wildman–Crippen MR) is 174 cm³/mol. The Morgan fingerprint density at radius 3 is 2.29 bits per heavy atom. The summed E-state index contributed by atoms with van der Waals surface area (Å²) in [6, 6.07) is 20.8. The molecule has 6 rings (SSSR count). The molecule has 8 N–H and O–H groups in total. The Kier molecular flexibility index (Phi) is 7.92. The van der Waals surface area contributed by atoms with Crippen LogP contribution in [0.1, 0.15) is 33.5 Å². The Balaban J connectivity index is 1.44. The van der Waals surface area contributed by atoms with Crippen LogP contribution in [0.4, 0.5) is 0 Å². The van der Waals surface area contributed by atoms with Gasteiger partial charge in [0.25, 0.3) is 0 Å². The lowest BCUT2D eigenvalue weighted by Crippen LogP contribution is -2.85. The van der Waals surface area contributed by atoms with Crippen LogP contribution in [0.3, 0.4) is 0 Å². The van der Waals surface area contributed by atoms with Gasteiger partial charge in [-0.05, 0) is 66.9 Å². The van der Waals surface area contributed by atoms with Crippen molar-refractivity contribution in [2.45, 2.75) is 43.1 Å². The van der Waals surface area contributed by atoms with E-state index < -0.39 is 75.6 Å². The quantitative estimate of drug-likeness (QED) is 0.225. The topological polar surface area (TPSA) is 223 Å². The normalized spacial score (nSPS) is 29.5. The van der Waals surface area contributed by atoms with E-state index >= 15 is 0 Å². The Labute approximate surface area is 276 Å². The zero-order valence-electron chi connectivity index (χ0n) is 26.5. The van der Waals surface area contributed by atoms with Crippen LogP contribution in [0.25, 0.3) is 11.1 Å². The third-order valence-electron chi connectivity index (χ3n) is 10.2. The number of nitrogens with zero attached hydrogens (tertiary/aromatic N) is 2. The molecular weight excluding hydrogens is 612 g/mol. The molecule has 246 valence electrons. The zero-order valence-corrected chi connectivity index (χ0v) is 26.5. The lowest BCUT2D eigenvalue weighted by Gasteiger charge is -2.60. The highest BCUT2D eigenvalue weighted by Gasteiger charge is 2.78. The van der Waals surface area contributed by atoms with E-state index in [-0.39, 0.29) is 12.0 Å². The van der Waals surface area contributed by atoms with E-state index in [1.807, 2.05) is 54.6 Å². The molecule has 3 aromatic rings. The second-order valence-electron chi connectivity index (χ2n) is 13.4. The van der Waals surface area contributed by atoms with Crippen molar-refractivity contribution < 1.29 is 29.1 Å². The number of nitriles is 1. The standard InChI is InChI=1S/C36H36N6O6/c1-42(2)30-29(45)26(33(38)48)31(46)35(18-37)32(47)27-28(44)25-23(14-34(27,39)17-36(30,35)40)22(11-12-24(25)43)21-10-6-9-20(13-21)16-41-15-19-7-4-3-5-8-19/h3-13,26-27,30,41,43H,14-17,39-40H2,1-2H3,(H2,38,48)/t26?,27?,30-,34-,35+,36-/m1/s1. The molecule has 0 aromatic heterocycles. The Bertz CT molecular complexity index is 1940. The zero-order chi connectivity index (χ0) is 34.8. The fourth-order valence-corrected chi connectivity index (χ4v) is 8.27. The maximum absolute atomic E-state index is 14.6. The smallest absolute Gasteiger partial charge is 0.235 e. The van der Waals surface area contributed by atoms with Crippen LogP contribution < -0.4 is 22.5 Å². The number of carbonyl (C=O) groups excluding carboxylic acids is 5. The van der Waals surface area contributed by atoms with Gasteiger partial charge in [-0.1, -0.05) is 54.6 Å². The van der Waals surface area contributed by atoms with E-state index in [1.165, 1.54) is 25.1 Å². The van der Waals surface area contributed by atoms with Crippen molar-refractivity contribution in [3.63, 3.8) is 0 Å². The number of nitrogens with one attached hydrogen (secondary N) is 1. The highest BCUT2D eigenvalue weighted by Crippen LogP contribution is 2.57. The number of amides is 1. The lowest BCUT2D eigenvalue weighted by atomic mass is 9.42. The molecule has 12 nitrogen and oxygen atoms in total. The van der Waals surface area contributed by atoms with Crippen LogP contribution in [-0.2, 0) is 38.7 Å². The van der Waals surface area contributed by atoms with Crippen molar-refractivity contribution in [3.05, 3.63) is 89.0 Å². The Morgan fingerprint density at radius 1 is 0.979 bits per heavy atom. The molecule has 0 aliphatic heterocycles. The molecule has 6 atom stereocenters. The molecule has 0 heterocycles. The van der Waals surface area contributed by atoms with E-state index in [0.29, 0.717) is 24.2 Å². The van der Waals surface area contributed by atoms with E-state index in [0.717, 1.165) is 16.7 Å². The monoisotopic (exact) mass is 648 g/mol. The van der Waals surface area contributed by atoms with Gasteiger partial charge in [0.2, 0.25) is 5.91 Å². The van der Waals surface area contributed by atoms with Crippen LogP contribution in [0.2, 0.25) is 0 Å². The molecule has 1 amide bonds. The van der Waals surface area contributed by atoms with Gasteiger partial charge >= 0.3 is 0 Å². The summed E-state index contributed by atoms with van der Waals surface area (Å²) >= 11 is 0. The van der Waals surface area contributed by atoms with Crippen molar-refractivity contribution in [1.82, 2.24) is 10.2 Å². The number of phenols is 1. The first-order chi connectivity index (χ1) is 22.7. The van der Waals surface area contributed by atoms with Gasteiger partial charge in [0, 0.05) is 18.6 Å². The minimum Gasteiger partial charge on any atom is -0.507 e. The molecule has 3 aliphatic rings.